The van der Waals surface area contributed by atoms with Gasteiger partial charge in [-0.2, -0.15) is 0 Å². The summed E-state index contributed by atoms with van der Waals surface area (Å²) in [5, 5.41) is 49.8. The fourth-order valence-corrected chi connectivity index (χ4v) is 6.47. The zero-order valence-corrected chi connectivity index (χ0v) is 22.8. The highest BCUT2D eigenvalue weighted by molar-refractivity contribution is 6.27. The molecule has 39 heavy (non-hydrogen) atoms. The highest BCUT2D eigenvalue weighted by Crippen LogP contribution is 2.53. The van der Waals surface area contributed by atoms with Crippen molar-refractivity contribution >= 4 is 40.7 Å². The maximum absolute atomic E-state index is 13.7. The van der Waals surface area contributed by atoms with Crippen LogP contribution < -0.4 is 15.5 Å². The predicted octanol–water partition coefficient (Wildman–Crippen LogP) is -0.705. The van der Waals surface area contributed by atoms with Crippen molar-refractivity contribution in [2.24, 2.45) is 17.8 Å². The topological polar surface area (TPSA) is 180 Å². The lowest BCUT2D eigenvalue weighted by molar-refractivity contribution is -0.179. The van der Waals surface area contributed by atoms with Gasteiger partial charge in [0, 0.05) is 37.3 Å². The van der Waals surface area contributed by atoms with Gasteiger partial charge in [0.2, 0.25) is 11.8 Å². The third-order valence-electron chi connectivity index (χ3n) is 8.08. The van der Waals surface area contributed by atoms with Crippen molar-refractivity contribution in [1.82, 2.24) is 15.5 Å². The van der Waals surface area contributed by atoms with Crippen molar-refractivity contribution in [1.29, 1.82) is 0 Å². The Kier molecular flexibility index (Phi) is 7.69. The van der Waals surface area contributed by atoms with Crippen molar-refractivity contribution in [2.45, 2.75) is 30.6 Å². The number of nitrogens with zero attached hydrogens (tertiary/aromatic N) is 2. The molecular weight excluding hydrogens is 532 g/mol. The van der Waals surface area contributed by atoms with E-state index in [1.165, 1.54) is 6.07 Å². The van der Waals surface area contributed by atoms with Crippen LogP contribution in [-0.4, -0.2) is 107 Å². The summed E-state index contributed by atoms with van der Waals surface area (Å²) >= 11 is 5.42. The standard InChI is InChI=1S/C26H33ClN4O8/c1-30(2)14-5-6-15(32)18-12(14)7-11-8-13-20(31(3)4)22(35)19(25(38)29-10-28-16(33)9-27)24(37)26(13,39)23(36)17(11)21(18)34/h5-6,11,13,19-20,22,32,35-36,39H,7-10H2,1-4H3,(H,28,33)(H,29,38)/t11-,13-,19?,20-,22?,26-/m0/s1. The minimum Gasteiger partial charge on any atom is -0.508 e. The van der Waals surface area contributed by atoms with Crippen LogP contribution in [0.2, 0.25) is 0 Å². The molecule has 3 aliphatic rings. The first-order valence-electron chi connectivity index (χ1n) is 12.5. The second-order valence-corrected chi connectivity index (χ2v) is 11.0. The molecule has 0 bridgehead atoms. The fraction of sp³-hybridized carbons (Fsp3) is 0.538. The number of carbonyl (C=O) groups is 4. The molecule has 1 aromatic rings. The molecule has 12 nitrogen and oxygen atoms in total. The minimum atomic E-state index is -2.65. The minimum absolute atomic E-state index is 0.0159. The molecule has 0 saturated heterocycles. The van der Waals surface area contributed by atoms with Gasteiger partial charge in [-0.15, -0.1) is 11.6 Å². The van der Waals surface area contributed by atoms with E-state index in [4.69, 9.17) is 11.6 Å². The third kappa shape index (κ3) is 4.45. The van der Waals surface area contributed by atoms with Crippen LogP contribution in [0.3, 0.4) is 0 Å². The van der Waals surface area contributed by atoms with E-state index >= 15 is 0 Å². The van der Waals surface area contributed by atoms with Gasteiger partial charge in [-0.1, -0.05) is 0 Å². The summed E-state index contributed by atoms with van der Waals surface area (Å²) in [6.45, 7) is -0.382. The van der Waals surface area contributed by atoms with Gasteiger partial charge in [0.25, 0.3) is 0 Å². The zero-order valence-electron chi connectivity index (χ0n) is 22.1. The Morgan fingerprint density at radius 1 is 1.13 bits per heavy atom. The lowest BCUT2D eigenvalue weighted by Gasteiger charge is -2.54. The van der Waals surface area contributed by atoms with Crippen LogP contribution in [0, 0.1) is 17.8 Å². The number of Topliss-reactive ketones (excluding diaryl/α,β-unsaturated/α-hetero) is 2. The average Bonchev–Trinajstić information content (AvgIpc) is 2.85. The Morgan fingerprint density at radius 2 is 1.79 bits per heavy atom. The number of ketones is 2. The second kappa shape index (κ2) is 10.4. The number of aromatic hydroxyl groups is 1. The van der Waals surface area contributed by atoms with Gasteiger partial charge in [-0.25, -0.2) is 0 Å². The summed E-state index contributed by atoms with van der Waals surface area (Å²) in [4.78, 5) is 55.2. The average molecular weight is 565 g/mol. The van der Waals surface area contributed by atoms with Crippen LogP contribution in [0.4, 0.5) is 5.69 Å². The van der Waals surface area contributed by atoms with E-state index < -0.39 is 64.6 Å². The number of aliphatic hydroxyl groups is 3. The first-order chi connectivity index (χ1) is 18.3. The van der Waals surface area contributed by atoms with E-state index in [1.54, 1.807) is 44.1 Å². The van der Waals surface area contributed by atoms with E-state index in [9.17, 15) is 39.6 Å². The maximum Gasteiger partial charge on any atom is 0.236 e. The number of carbonyl (C=O) groups excluding carboxylic acids is 4. The molecule has 1 saturated carbocycles. The number of nitrogens with one attached hydrogen (secondary N) is 2. The molecule has 1 aromatic carbocycles. The number of likely N-dealkylation sites (N-methyl/N-ethyl adjacent to an activating group) is 1. The molecule has 0 aromatic heterocycles. The number of fused-ring (bicyclic) bond motifs is 3. The molecular formula is C26H33ClN4O8. The van der Waals surface area contributed by atoms with Crippen LogP contribution in [0.25, 0.3) is 0 Å². The van der Waals surface area contributed by atoms with Gasteiger partial charge >= 0.3 is 0 Å². The van der Waals surface area contributed by atoms with Crippen LogP contribution in [0.1, 0.15) is 22.3 Å². The second-order valence-electron chi connectivity index (χ2n) is 10.7. The molecule has 3 aliphatic carbocycles. The van der Waals surface area contributed by atoms with Crippen LogP contribution in [0.15, 0.2) is 23.5 Å². The highest BCUT2D eigenvalue weighted by Gasteiger charge is 2.66. The number of aliphatic hydroxyl groups excluding tert-OH is 2. The Hall–Kier alpha value is -3.19. The highest BCUT2D eigenvalue weighted by atomic mass is 35.5. The first kappa shape index (κ1) is 28.8. The van der Waals surface area contributed by atoms with E-state index in [0.29, 0.717) is 11.3 Å². The number of phenolic OH excluding ortho intramolecular Hbond substituents is 1. The van der Waals surface area contributed by atoms with Crippen molar-refractivity contribution in [3.8, 4) is 5.75 Å². The van der Waals surface area contributed by atoms with Gasteiger partial charge < -0.3 is 40.9 Å². The van der Waals surface area contributed by atoms with Crippen molar-refractivity contribution in [3.63, 3.8) is 0 Å². The van der Waals surface area contributed by atoms with Crippen molar-refractivity contribution < 1.29 is 39.6 Å². The number of hydrogen-bond acceptors (Lipinski definition) is 10. The number of hydrogen-bond donors (Lipinski definition) is 6. The number of allylic oxidation sites excluding steroid dienone is 1. The van der Waals surface area contributed by atoms with Gasteiger partial charge in [-0.3, -0.25) is 19.2 Å². The summed E-state index contributed by atoms with van der Waals surface area (Å²) in [6.07, 6.45) is -1.28. The number of amides is 2. The van der Waals surface area contributed by atoms with E-state index in [1.807, 2.05) is 0 Å². The molecule has 212 valence electrons. The summed E-state index contributed by atoms with van der Waals surface area (Å²) in [7, 11) is 6.81. The summed E-state index contributed by atoms with van der Waals surface area (Å²) in [6, 6.07) is 2.10. The number of benzene rings is 1. The van der Waals surface area contributed by atoms with Crippen LogP contribution >= 0.6 is 11.6 Å². The quantitative estimate of drug-likeness (QED) is 0.147. The van der Waals surface area contributed by atoms with Gasteiger partial charge in [0.1, 0.15) is 23.3 Å². The largest absolute Gasteiger partial charge is 0.508 e. The predicted molar refractivity (Wildman–Crippen MR) is 141 cm³/mol. The Labute approximate surface area is 230 Å². The van der Waals surface area contributed by atoms with Crippen molar-refractivity contribution in [3.05, 3.63) is 34.6 Å². The van der Waals surface area contributed by atoms with Crippen LogP contribution in [0.5, 0.6) is 5.75 Å². The monoisotopic (exact) mass is 564 g/mol. The molecule has 0 radical (unpaired) electrons. The van der Waals surface area contributed by atoms with Gasteiger partial charge in [0.05, 0.1) is 18.3 Å². The summed E-state index contributed by atoms with van der Waals surface area (Å²) in [5.74, 6) is -8.42. The number of anilines is 1. The molecule has 2 amide bonds. The molecule has 6 atom stereocenters. The lowest BCUT2D eigenvalue weighted by Crippen LogP contribution is -2.71. The summed E-state index contributed by atoms with van der Waals surface area (Å²) < 4.78 is 0. The van der Waals surface area contributed by atoms with E-state index in [0.717, 1.165) is 0 Å². The Morgan fingerprint density at radius 3 is 2.38 bits per heavy atom. The van der Waals surface area contributed by atoms with Crippen LogP contribution in [-0.2, 0) is 20.8 Å². The molecule has 0 aliphatic heterocycles. The normalized spacial score (nSPS) is 29.9. The third-order valence-corrected chi connectivity index (χ3v) is 8.32. The maximum atomic E-state index is 13.7. The number of phenols is 1. The smallest absolute Gasteiger partial charge is 0.236 e. The first-order valence-corrected chi connectivity index (χ1v) is 13.0. The molecule has 2 unspecified atom stereocenters. The number of alkyl halides is 1. The molecule has 6 N–H and O–H groups in total. The SMILES string of the molecule is CN(C)c1ccc(O)c2c1C[C@H]1C[C@H]3[C@H](N(C)C)C(O)C(C(=O)NCNC(=O)CCl)C(=O)[C@@]3(O)C(O)=C1C2=O. The molecule has 1 fully saturated rings. The molecule has 0 spiro atoms. The molecule has 0 heterocycles. The summed E-state index contributed by atoms with van der Waals surface area (Å²) in [5.41, 5.74) is -1.57. The molecule has 13 heteroatoms. The zero-order chi connectivity index (χ0) is 29.0. The Balaban J connectivity index is 1.81. The van der Waals surface area contributed by atoms with Crippen molar-refractivity contribution in [2.75, 3.05) is 45.6 Å². The van der Waals surface area contributed by atoms with E-state index in [-0.39, 0.29) is 42.3 Å². The lowest BCUT2D eigenvalue weighted by atomic mass is 9.56. The van der Waals surface area contributed by atoms with Gasteiger partial charge in [-0.05, 0) is 50.6 Å². The Bertz CT molecular complexity index is 1260. The van der Waals surface area contributed by atoms with E-state index in [2.05, 4.69) is 10.6 Å². The van der Waals surface area contributed by atoms with Gasteiger partial charge in [0.15, 0.2) is 17.2 Å². The number of rotatable bonds is 6. The molecule has 4 rings (SSSR count). The fourth-order valence-electron chi connectivity index (χ4n) is 6.37. The number of halogens is 1.